The Labute approximate surface area is 242 Å². The lowest BCUT2D eigenvalue weighted by Crippen LogP contribution is -2.21. The first-order valence-corrected chi connectivity index (χ1v) is 12.7. The number of aromatic amines is 1. The van der Waals surface area contributed by atoms with Crippen LogP contribution in [-0.2, 0) is 30.8 Å². The average Bonchev–Trinajstić information content (AvgIpc) is 3.61. The summed E-state index contributed by atoms with van der Waals surface area (Å²) in [5.41, 5.74) is 6.97. The predicted octanol–water partition coefficient (Wildman–Crippen LogP) is 3.73. The number of carboxylic acid groups (broad SMARTS) is 3. The molecule has 0 aliphatic rings. The molecule has 6 N–H and O–H groups in total. The highest BCUT2D eigenvalue weighted by Gasteiger charge is 2.39. The zero-order chi connectivity index (χ0) is 34.7. The van der Waals surface area contributed by atoms with Crippen LogP contribution in [0.1, 0.15) is 5.01 Å². The lowest BCUT2D eigenvalue weighted by Gasteiger charge is -2.08. The van der Waals surface area contributed by atoms with Crippen molar-refractivity contribution in [2.75, 3.05) is 7.11 Å². The van der Waals surface area contributed by atoms with Gasteiger partial charge < -0.3 is 25.8 Å². The second kappa shape index (κ2) is 15.9. The fourth-order valence-corrected chi connectivity index (χ4v) is 4.57. The van der Waals surface area contributed by atoms with E-state index in [2.05, 4.69) is 15.2 Å². The van der Waals surface area contributed by atoms with Crippen molar-refractivity contribution in [2.24, 2.45) is 5.73 Å². The Balaban J connectivity index is 0.000000721. The molecule has 3 aromatic rings. The number of H-pyrrole nitrogens is 1. The van der Waals surface area contributed by atoms with Crippen LogP contribution < -0.4 is 10.5 Å². The maximum Gasteiger partial charge on any atom is 0.490 e. The fourth-order valence-electron chi connectivity index (χ4n) is 2.05. The highest BCUT2D eigenvalue weighted by atomic mass is 32.2. The van der Waals surface area contributed by atoms with E-state index in [1.54, 1.807) is 24.5 Å². The van der Waals surface area contributed by atoms with E-state index in [0.29, 0.717) is 16.3 Å². The van der Waals surface area contributed by atoms with Crippen LogP contribution in [-0.4, -0.2) is 82.5 Å². The summed E-state index contributed by atoms with van der Waals surface area (Å²) in [6.07, 6.45) is -10.6. The van der Waals surface area contributed by atoms with Crippen molar-refractivity contribution in [3.63, 3.8) is 0 Å². The number of benzene rings is 1. The van der Waals surface area contributed by atoms with Crippen LogP contribution >= 0.6 is 11.3 Å². The SMILES string of the molecule is COc1cc(-c2cn[nH]c2)cc(S(=O)(=O)c2cnc(CN)s2)c1.O=C(O)C(F)(F)F.O=C(O)C(F)(F)F.O=C(O)C(F)(F)F. The number of carbonyl (C=O) groups is 3. The number of thiazole rings is 1. The topological polar surface area (TPSA) is 223 Å². The first-order valence-electron chi connectivity index (χ1n) is 10.4. The molecule has 0 saturated heterocycles. The Morgan fingerprint density at radius 1 is 0.864 bits per heavy atom. The maximum absolute atomic E-state index is 12.8. The van der Waals surface area contributed by atoms with Gasteiger partial charge in [-0.15, -0.1) is 11.3 Å². The molecule has 0 amide bonds. The molecule has 1 aromatic carbocycles. The van der Waals surface area contributed by atoms with Gasteiger partial charge in [-0.05, 0) is 23.8 Å². The van der Waals surface area contributed by atoms with Gasteiger partial charge in [-0.2, -0.15) is 44.6 Å². The molecule has 0 atom stereocenters. The summed E-state index contributed by atoms with van der Waals surface area (Å²) < 4.78 is 126. The minimum Gasteiger partial charge on any atom is -0.497 e. The van der Waals surface area contributed by atoms with Crippen LogP contribution in [0, 0.1) is 0 Å². The van der Waals surface area contributed by atoms with Gasteiger partial charge in [0.2, 0.25) is 9.84 Å². The van der Waals surface area contributed by atoms with Crippen LogP contribution in [0.15, 0.2) is 45.9 Å². The Bertz CT molecular complexity index is 1450. The second-order valence-electron chi connectivity index (χ2n) is 7.07. The number of methoxy groups -OCH3 is 1. The molecule has 0 bridgehead atoms. The minimum atomic E-state index is -5.08. The molecular weight excluding hydrogens is 675 g/mol. The number of ether oxygens (including phenoxy) is 1. The quantitative estimate of drug-likeness (QED) is 0.241. The summed E-state index contributed by atoms with van der Waals surface area (Å²) in [6, 6.07) is 4.83. The van der Waals surface area contributed by atoms with E-state index in [0.717, 1.165) is 16.9 Å². The van der Waals surface area contributed by atoms with E-state index in [4.69, 9.17) is 40.2 Å². The summed E-state index contributed by atoms with van der Waals surface area (Å²) in [6.45, 7) is 0.207. The molecule has 0 radical (unpaired) electrons. The molecule has 13 nitrogen and oxygen atoms in total. The van der Waals surface area contributed by atoms with Crippen molar-refractivity contribution in [1.82, 2.24) is 15.2 Å². The third-order valence-corrected chi connectivity index (χ3v) is 7.17. The zero-order valence-corrected chi connectivity index (χ0v) is 22.8. The predicted molar refractivity (Wildman–Crippen MR) is 127 cm³/mol. The van der Waals surface area contributed by atoms with Crippen LogP contribution in [0.4, 0.5) is 39.5 Å². The molecule has 3 rings (SSSR count). The number of sulfone groups is 1. The van der Waals surface area contributed by atoms with Crippen molar-refractivity contribution in [3.05, 3.63) is 41.8 Å². The lowest BCUT2D eigenvalue weighted by atomic mass is 10.1. The zero-order valence-electron chi connectivity index (χ0n) is 21.2. The molecule has 24 heteroatoms. The first-order chi connectivity index (χ1) is 19.9. The Morgan fingerprint density at radius 3 is 1.64 bits per heavy atom. The van der Waals surface area contributed by atoms with Crippen LogP contribution in [0.2, 0.25) is 0 Å². The number of halogens is 9. The number of rotatable bonds is 5. The van der Waals surface area contributed by atoms with Crippen LogP contribution in [0.25, 0.3) is 11.1 Å². The number of hydrogen-bond donors (Lipinski definition) is 5. The largest absolute Gasteiger partial charge is 0.497 e. The summed E-state index contributed by atoms with van der Waals surface area (Å²) >= 11 is 1.07. The van der Waals surface area contributed by atoms with Gasteiger partial charge in [-0.25, -0.2) is 27.8 Å². The van der Waals surface area contributed by atoms with Crippen molar-refractivity contribution in [3.8, 4) is 16.9 Å². The Kier molecular flexibility index (Phi) is 14.3. The normalized spacial score (nSPS) is 11.4. The van der Waals surface area contributed by atoms with E-state index in [9.17, 15) is 47.9 Å². The van der Waals surface area contributed by atoms with Gasteiger partial charge in [-0.1, -0.05) is 0 Å². The fraction of sp³-hybridized carbons (Fsp3) is 0.250. The molecule has 44 heavy (non-hydrogen) atoms. The molecule has 0 aliphatic heterocycles. The van der Waals surface area contributed by atoms with Gasteiger partial charge in [0, 0.05) is 18.3 Å². The number of nitrogens with two attached hydrogens (primary N) is 1. The third kappa shape index (κ3) is 13.2. The minimum absolute atomic E-state index is 0.139. The average molecular weight is 692 g/mol. The van der Waals surface area contributed by atoms with E-state index < -0.39 is 46.3 Å². The van der Waals surface area contributed by atoms with E-state index in [1.807, 2.05) is 0 Å². The number of carboxylic acids is 3. The van der Waals surface area contributed by atoms with E-state index in [1.165, 1.54) is 19.4 Å². The molecule has 0 unspecified atom stereocenters. The number of nitrogens with one attached hydrogen (secondary N) is 1. The summed E-state index contributed by atoms with van der Waals surface area (Å²) in [7, 11) is -2.19. The van der Waals surface area contributed by atoms with Gasteiger partial charge in [0.25, 0.3) is 0 Å². The number of aliphatic carboxylic acids is 3. The molecule has 2 aromatic heterocycles. The molecule has 0 aliphatic carbocycles. The molecule has 2 heterocycles. The Hall–Kier alpha value is -4.45. The maximum atomic E-state index is 12.8. The van der Waals surface area contributed by atoms with Crippen molar-refractivity contribution in [1.29, 1.82) is 0 Å². The molecule has 246 valence electrons. The van der Waals surface area contributed by atoms with Crippen LogP contribution in [0.5, 0.6) is 5.75 Å². The smallest absolute Gasteiger partial charge is 0.490 e. The van der Waals surface area contributed by atoms with Gasteiger partial charge in [0.05, 0.1) is 24.4 Å². The number of alkyl halides is 9. The molecule has 0 spiro atoms. The van der Waals surface area contributed by atoms with Crippen molar-refractivity contribution >= 4 is 39.1 Å². The number of nitrogens with zero attached hydrogens (tertiary/aromatic N) is 2. The van der Waals surface area contributed by atoms with E-state index >= 15 is 0 Å². The Morgan fingerprint density at radius 2 is 1.32 bits per heavy atom. The van der Waals surface area contributed by atoms with Crippen LogP contribution in [0.3, 0.4) is 0 Å². The monoisotopic (exact) mass is 692 g/mol. The van der Waals surface area contributed by atoms with Crippen molar-refractivity contribution < 1.29 is 82.4 Å². The highest BCUT2D eigenvalue weighted by molar-refractivity contribution is 7.93. The third-order valence-electron chi connectivity index (χ3n) is 3.96. The van der Waals surface area contributed by atoms with E-state index in [-0.39, 0.29) is 15.6 Å². The van der Waals surface area contributed by atoms with Gasteiger partial charge in [0.1, 0.15) is 15.0 Å². The van der Waals surface area contributed by atoms with Gasteiger partial charge in [-0.3, -0.25) is 5.10 Å². The van der Waals surface area contributed by atoms with Gasteiger partial charge >= 0.3 is 36.4 Å². The molecular formula is C20H17F9N4O9S2. The highest BCUT2D eigenvalue weighted by Crippen LogP contribution is 2.32. The molecule has 0 saturated carbocycles. The summed E-state index contributed by atoms with van der Waals surface area (Å²) in [4.78, 5) is 30.8. The first kappa shape index (κ1) is 39.5. The lowest BCUT2D eigenvalue weighted by molar-refractivity contribution is -0.193. The molecule has 0 fully saturated rings. The number of hydrogen-bond acceptors (Lipinski definition) is 10. The van der Waals surface area contributed by atoms with Crippen molar-refractivity contribution in [2.45, 2.75) is 34.2 Å². The summed E-state index contributed by atoms with van der Waals surface area (Å²) in [5.74, 6) is -7.82. The standard InChI is InChI=1S/C14H14N4O3S2.3C2HF3O2/c1-21-11-2-9(10-6-17-18-7-10)3-12(4-11)23(19,20)14-8-16-13(5-15)22-14;3*3-2(4,5)1(6)7/h2-4,6-8H,5,15H2,1H3,(H,17,18);3*(H,6,7). The number of aromatic nitrogens is 3. The summed E-state index contributed by atoms with van der Waals surface area (Å²) in [5, 5.41) is 28.5. The second-order valence-corrected chi connectivity index (χ2v) is 10.4. The van der Waals surface area contributed by atoms with Gasteiger partial charge in [0.15, 0.2) is 0 Å².